The minimum absolute atomic E-state index is 0.0174. The number of rotatable bonds is 1. The molecule has 0 N–H and O–H groups in total. The van der Waals surface area contributed by atoms with Crippen molar-refractivity contribution in [3.63, 3.8) is 0 Å². The highest BCUT2D eigenvalue weighted by atomic mass is 16.6. The second kappa shape index (κ2) is 4.78. The van der Waals surface area contributed by atoms with Crippen LogP contribution in [-0.2, 0) is 9.57 Å². The SMILES string of the molecule is [2H]C([2H])([2H])O/N=C1\C[C@H]2CC[C@@H]1CN2C(=O)OC(C)(C)C. The minimum atomic E-state index is -2.52. The summed E-state index contributed by atoms with van der Waals surface area (Å²) in [5.41, 5.74) is 0.219. The third-order valence-electron chi connectivity index (χ3n) is 3.41. The summed E-state index contributed by atoms with van der Waals surface area (Å²) in [7, 11) is -2.52. The average molecular weight is 257 g/mol. The van der Waals surface area contributed by atoms with Crippen molar-refractivity contribution in [2.75, 3.05) is 13.6 Å². The smallest absolute Gasteiger partial charge is 0.410 e. The normalized spacial score (nSPS) is 32.7. The largest absolute Gasteiger partial charge is 0.444 e. The fourth-order valence-corrected chi connectivity index (χ4v) is 2.63. The summed E-state index contributed by atoms with van der Waals surface area (Å²) in [6.07, 6.45) is 2.03. The Balaban J connectivity index is 2.00. The van der Waals surface area contributed by atoms with Crippen molar-refractivity contribution in [1.29, 1.82) is 0 Å². The monoisotopic (exact) mass is 257 g/mol. The lowest BCUT2D eigenvalue weighted by atomic mass is 9.78. The summed E-state index contributed by atoms with van der Waals surface area (Å²) in [6, 6.07) is 0.0174. The van der Waals surface area contributed by atoms with Gasteiger partial charge in [-0.2, -0.15) is 0 Å². The number of carbonyl (C=O) groups excluding carboxylic acids is 1. The zero-order chi connectivity index (χ0) is 15.8. The van der Waals surface area contributed by atoms with Gasteiger partial charge in [0, 0.05) is 24.9 Å². The van der Waals surface area contributed by atoms with Crippen molar-refractivity contribution >= 4 is 11.8 Å². The number of hydrogen-bond donors (Lipinski definition) is 0. The Morgan fingerprint density at radius 2 is 2.28 bits per heavy atom. The Kier molecular flexibility index (Phi) is 2.56. The maximum Gasteiger partial charge on any atom is 0.410 e. The predicted molar refractivity (Wildman–Crippen MR) is 68.5 cm³/mol. The van der Waals surface area contributed by atoms with Gasteiger partial charge >= 0.3 is 6.09 Å². The van der Waals surface area contributed by atoms with Crippen LogP contribution in [0.1, 0.15) is 44.1 Å². The molecular formula is C13H22N2O3. The van der Waals surface area contributed by atoms with Crippen molar-refractivity contribution in [3.8, 4) is 0 Å². The van der Waals surface area contributed by atoms with Gasteiger partial charge in [0.15, 0.2) is 0 Å². The lowest BCUT2D eigenvalue weighted by Crippen LogP contribution is -2.55. The minimum Gasteiger partial charge on any atom is -0.444 e. The Hall–Kier alpha value is -1.26. The van der Waals surface area contributed by atoms with E-state index in [4.69, 9.17) is 8.85 Å². The van der Waals surface area contributed by atoms with E-state index in [1.54, 1.807) is 4.90 Å². The Labute approximate surface area is 112 Å². The Morgan fingerprint density at radius 3 is 2.83 bits per heavy atom. The highest BCUT2D eigenvalue weighted by molar-refractivity contribution is 5.90. The van der Waals surface area contributed by atoms with E-state index in [1.807, 2.05) is 20.8 Å². The molecule has 5 heteroatoms. The standard InChI is InChI=1S/C13H22N2O3/c1-13(2,3)18-12(16)15-8-9-5-6-10(15)7-11(9)14-17-4/h9-10H,5-8H2,1-4H3/b14-11+/t9-,10-/m1/s1/i4D3. The third-order valence-corrected chi connectivity index (χ3v) is 3.41. The first-order valence-corrected chi connectivity index (χ1v) is 6.30. The molecule has 1 saturated carbocycles. The van der Waals surface area contributed by atoms with Gasteiger partial charge in [-0.25, -0.2) is 4.79 Å². The number of amides is 1. The van der Waals surface area contributed by atoms with Crippen molar-refractivity contribution < 1.29 is 18.5 Å². The van der Waals surface area contributed by atoms with Gasteiger partial charge in [0.05, 0.1) is 9.82 Å². The van der Waals surface area contributed by atoms with Crippen LogP contribution in [0.5, 0.6) is 0 Å². The summed E-state index contributed by atoms with van der Waals surface area (Å²) in [5.74, 6) is 0.0601. The van der Waals surface area contributed by atoms with Gasteiger partial charge in [-0.15, -0.1) is 0 Å². The van der Waals surface area contributed by atoms with Crippen molar-refractivity contribution in [1.82, 2.24) is 4.90 Å². The van der Waals surface area contributed by atoms with Crippen LogP contribution < -0.4 is 0 Å². The molecule has 0 aromatic heterocycles. The maximum absolute atomic E-state index is 12.2. The molecule has 2 saturated heterocycles. The second-order valence-electron chi connectivity index (χ2n) is 5.94. The zero-order valence-electron chi connectivity index (χ0n) is 14.1. The van der Waals surface area contributed by atoms with E-state index >= 15 is 0 Å². The number of hydrogen-bond acceptors (Lipinski definition) is 4. The number of fused-ring (bicyclic) bond motifs is 3. The molecule has 0 unspecified atom stereocenters. The van der Waals surface area contributed by atoms with Gasteiger partial charge < -0.3 is 14.5 Å². The summed E-state index contributed by atoms with van der Waals surface area (Å²) in [5, 5.41) is 3.78. The second-order valence-corrected chi connectivity index (χ2v) is 5.94. The van der Waals surface area contributed by atoms with Crippen molar-refractivity contribution in [3.05, 3.63) is 0 Å². The van der Waals surface area contributed by atoms with E-state index in [0.717, 1.165) is 18.6 Å². The highest BCUT2D eigenvalue weighted by Crippen LogP contribution is 2.34. The molecule has 2 aliphatic heterocycles. The molecule has 0 radical (unpaired) electrons. The summed E-state index contributed by atoms with van der Waals surface area (Å²) in [6.45, 7) is 6.03. The van der Waals surface area contributed by atoms with Gasteiger partial charge in [0.1, 0.15) is 12.6 Å². The van der Waals surface area contributed by atoms with Crippen molar-refractivity contribution in [2.24, 2.45) is 11.1 Å². The Morgan fingerprint density at radius 1 is 1.50 bits per heavy atom. The van der Waals surface area contributed by atoms with Gasteiger partial charge in [0.25, 0.3) is 0 Å². The van der Waals surface area contributed by atoms with Gasteiger partial charge in [0.2, 0.25) is 0 Å². The molecule has 0 aromatic rings. The predicted octanol–water partition coefficient (Wildman–Crippen LogP) is 2.41. The van der Waals surface area contributed by atoms with Crippen LogP contribution in [0.3, 0.4) is 0 Å². The molecule has 0 spiro atoms. The molecule has 2 heterocycles. The lowest BCUT2D eigenvalue weighted by Gasteiger charge is -2.45. The molecule has 0 aromatic carbocycles. The topological polar surface area (TPSA) is 51.1 Å². The van der Waals surface area contributed by atoms with Crippen molar-refractivity contribution in [2.45, 2.75) is 51.7 Å². The summed E-state index contributed by atoms with van der Waals surface area (Å²) < 4.78 is 26.4. The van der Waals surface area contributed by atoms with Crippen LogP contribution in [0.15, 0.2) is 5.16 Å². The summed E-state index contributed by atoms with van der Waals surface area (Å²) >= 11 is 0. The van der Waals surface area contributed by atoms with E-state index in [-0.39, 0.29) is 18.1 Å². The number of oxime groups is 1. The van der Waals surface area contributed by atoms with Crippen LogP contribution in [-0.4, -0.2) is 41.9 Å². The van der Waals surface area contributed by atoms with E-state index in [9.17, 15) is 4.79 Å². The number of carbonyl (C=O) groups is 1. The molecule has 3 rings (SSSR count). The van der Waals surface area contributed by atoms with Crippen LogP contribution in [0, 0.1) is 5.92 Å². The quantitative estimate of drug-likeness (QED) is 0.678. The molecule has 3 aliphatic rings. The molecule has 2 bridgehead atoms. The van der Waals surface area contributed by atoms with E-state index in [0.29, 0.717) is 13.0 Å². The van der Waals surface area contributed by atoms with Crippen LogP contribution in [0.4, 0.5) is 4.79 Å². The van der Waals surface area contributed by atoms with Gasteiger partial charge in [-0.05, 0) is 33.6 Å². The average Bonchev–Trinajstić information content (AvgIpc) is 2.34. The number of ether oxygens (including phenoxy) is 1. The molecular weight excluding hydrogens is 232 g/mol. The molecule has 1 aliphatic carbocycles. The fraction of sp³-hybridized carbons (Fsp3) is 0.846. The van der Waals surface area contributed by atoms with E-state index < -0.39 is 12.6 Å². The molecule has 5 nitrogen and oxygen atoms in total. The van der Waals surface area contributed by atoms with Gasteiger partial charge in [-0.1, -0.05) is 5.16 Å². The lowest BCUT2D eigenvalue weighted by molar-refractivity contribution is 0.00276. The fourth-order valence-electron chi connectivity index (χ4n) is 2.63. The molecule has 2 atom stereocenters. The first-order chi connectivity index (χ1) is 9.55. The van der Waals surface area contributed by atoms with E-state index in [1.165, 1.54) is 0 Å². The number of nitrogens with zero attached hydrogens (tertiary/aromatic N) is 2. The Bertz CT molecular complexity index is 443. The summed E-state index contributed by atoms with van der Waals surface area (Å²) in [4.78, 5) is 18.5. The zero-order valence-corrected chi connectivity index (χ0v) is 11.1. The van der Waals surface area contributed by atoms with Crippen LogP contribution in [0.25, 0.3) is 0 Å². The highest BCUT2D eigenvalue weighted by Gasteiger charge is 2.42. The third kappa shape index (κ3) is 2.76. The first kappa shape index (κ1) is 9.64. The molecule has 1 amide bonds. The molecule has 3 fully saturated rings. The molecule has 102 valence electrons. The maximum atomic E-state index is 12.2. The number of piperidine rings is 2. The van der Waals surface area contributed by atoms with Gasteiger partial charge in [-0.3, -0.25) is 0 Å². The van der Waals surface area contributed by atoms with E-state index in [2.05, 4.69) is 9.99 Å². The first-order valence-electron chi connectivity index (χ1n) is 7.80. The van der Waals surface area contributed by atoms with Crippen LogP contribution >= 0.6 is 0 Å². The molecule has 18 heavy (non-hydrogen) atoms. The van der Waals surface area contributed by atoms with Crippen LogP contribution in [0.2, 0.25) is 0 Å².